The average molecular weight is 312 g/mol. The predicted octanol–water partition coefficient (Wildman–Crippen LogP) is 1.83. The van der Waals surface area contributed by atoms with Gasteiger partial charge in [-0.3, -0.25) is 10.1 Å². The van der Waals surface area contributed by atoms with E-state index in [0.717, 1.165) is 16.0 Å². The molecule has 0 unspecified atom stereocenters. The second-order valence-electron chi connectivity index (χ2n) is 4.52. The van der Waals surface area contributed by atoms with Crippen LogP contribution in [0.1, 0.15) is 30.6 Å². The van der Waals surface area contributed by atoms with E-state index in [1.54, 1.807) is 0 Å². The first-order valence-corrected chi connectivity index (χ1v) is 7.89. The van der Waals surface area contributed by atoms with Crippen molar-refractivity contribution in [3.8, 4) is 0 Å². The summed E-state index contributed by atoms with van der Waals surface area (Å²) in [5.74, 6) is 1.36. The number of amides is 1. The molecule has 0 aliphatic carbocycles. The molecular formula is C11H16N6OS2. The van der Waals surface area contributed by atoms with Gasteiger partial charge in [0.05, 0.1) is 5.75 Å². The van der Waals surface area contributed by atoms with Crippen LogP contribution in [0.4, 0.5) is 5.13 Å². The van der Waals surface area contributed by atoms with Crippen molar-refractivity contribution in [2.24, 2.45) is 7.05 Å². The molecule has 2 aromatic rings. The highest BCUT2D eigenvalue weighted by Crippen LogP contribution is 2.20. The smallest absolute Gasteiger partial charge is 0.236 e. The fourth-order valence-electron chi connectivity index (χ4n) is 1.59. The third-order valence-corrected chi connectivity index (χ3v) is 4.26. The number of nitrogens with one attached hydrogen (secondary N) is 1. The summed E-state index contributed by atoms with van der Waals surface area (Å²) in [6.07, 6.45) is 0. The number of hydrogen-bond acceptors (Lipinski definition) is 7. The molecule has 1 amide bonds. The number of hydrogen-bond donors (Lipinski definition) is 1. The Labute approximate surface area is 125 Å². The lowest BCUT2D eigenvalue weighted by atomic mass is 10.2. The second kappa shape index (κ2) is 6.31. The van der Waals surface area contributed by atoms with E-state index in [2.05, 4.69) is 39.6 Å². The van der Waals surface area contributed by atoms with Crippen molar-refractivity contribution < 1.29 is 4.79 Å². The van der Waals surface area contributed by atoms with E-state index in [4.69, 9.17) is 0 Å². The Morgan fingerprint density at radius 2 is 2.10 bits per heavy atom. The number of thioether (sulfide) groups is 1. The third-order valence-electron chi connectivity index (χ3n) is 2.49. The maximum absolute atomic E-state index is 11.8. The van der Waals surface area contributed by atoms with Gasteiger partial charge in [0.1, 0.15) is 10.8 Å². The van der Waals surface area contributed by atoms with E-state index in [-0.39, 0.29) is 11.7 Å². The van der Waals surface area contributed by atoms with Crippen LogP contribution in [0.5, 0.6) is 0 Å². The number of carbonyl (C=O) groups excluding carboxylic acids is 1. The maximum Gasteiger partial charge on any atom is 0.236 e. The number of aromatic nitrogens is 5. The fraction of sp³-hybridized carbons (Fsp3) is 0.545. The zero-order valence-corrected chi connectivity index (χ0v) is 13.4. The molecule has 7 nitrogen and oxygen atoms in total. The Morgan fingerprint density at radius 1 is 1.35 bits per heavy atom. The molecule has 2 heterocycles. The molecular weight excluding hydrogens is 296 g/mol. The average Bonchev–Trinajstić information content (AvgIpc) is 2.93. The number of rotatable bonds is 5. The SMILES string of the molecule is Cc1nnc(NC(=O)CSc2nnc(C(C)C)n2C)s1. The molecule has 0 fully saturated rings. The Balaban J connectivity index is 1.90. The van der Waals surface area contributed by atoms with Gasteiger partial charge in [0, 0.05) is 13.0 Å². The van der Waals surface area contributed by atoms with E-state index in [9.17, 15) is 4.79 Å². The quantitative estimate of drug-likeness (QED) is 0.848. The molecule has 108 valence electrons. The van der Waals surface area contributed by atoms with Crippen LogP contribution in [-0.4, -0.2) is 36.6 Å². The number of nitrogens with zero attached hydrogens (tertiary/aromatic N) is 5. The number of aryl methyl sites for hydroxylation is 1. The van der Waals surface area contributed by atoms with Gasteiger partial charge in [-0.1, -0.05) is 36.9 Å². The molecule has 0 saturated carbocycles. The van der Waals surface area contributed by atoms with Crippen LogP contribution < -0.4 is 5.32 Å². The Morgan fingerprint density at radius 3 is 2.65 bits per heavy atom. The lowest BCUT2D eigenvalue weighted by molar-refractivity contribution is -0.113. The van der Waals surface area contributed by atoms with E-state index < -0.39 is 0 Å². The zero-order chi connectivity index (χ0) is 14.7. The van der Waals surface area contributed by atoms with Crippen LogP contribution in [0.3, 0.4) is 0 Å². The van der Waals surface area contributed by atoms with Gasteiger partial charge in [-0.2, -0.15) is 0 Å². The van der Waals surface area contributed by atoms with Crippen molar-refractivity contribution in [1.82, 2.24) is 25.0 Å². The monoisotopic (exact) mass is 312 g/mol. The highest BCUT2D eigenvalue weighted by atomic mass is 32.2. The first-order valence-electron chi connectivity index (χ1n) is 6.09. The summed E-state index contributed by atoms with van der Waals surface area (Å²) < 4.78 is 1.91. The molecule has 20 heavy (non-hydrogen) atoms. The largest absolute Gasteiger partial charge is 0.309 e. The summed E-state index contributed by atoms with van der Waals surface area (Å²) in [6.45, 7) is 5.96. The molecule has 0 bridgehead atoms. The standard InChI is InChI=1S/C11H16N6OS2/c1-6(2)9-14-16-11(17(9)4)19-5-8(18)12-10-15-13-7(3)20-10/h6H,5H2,1-4H3,(H,12,15,18). The van der Waals surface area contributed by atoms with Crippen molar-refractivity contribution >= 4 is 34.1 Å². The van der Waals surface area contributed by atoms with E-state index in [0.29, 0.717) is 11.0 Å². The molecule has 9 heteroatoms. The summed E-state index contributed by atoms with van der Waals surface area (Å²) in [7, 11) is 1.91. The zero-order valence-electron chi connectivity index (χ0n) is 11.7. The van der Waals surface area contributed by atoms with Gasteiger partial charge in [0.15, 0.2) is 5.16 Å². The minimum Gasteiger partial charge on any atom is -0.309 e. The molecule has 0 aromatic carbocycles. The molecule has 0 aliphatic rings. The summed E-state index contributed by atoms with van der Waals surface area (Å²) in [6, 6.07) is 0. The summed E-state index contributed by atoms with van der Waals surface area (Å²) in [5, 5.41) is 20.7. The van der Waals surface area contributed by atoms with E-state index in [1.165, 1.54) is 23.1 Å². The summed E-state index contributed by atoms with van der Waals surface area (Å²) in [5.41, 5.74) is 0. The maximum atomic E-state index is 11.8. The number of anilines is 1. The molecule has 0 radical (unpaired) electrons. The van der Waals surface area contributed by atoms with Crippen molar-refractivity contribution in [3.63, 3.8) is 0 Å². The van der Waals surface area contributed by atoms with Gasteiger partial charge in [-0.25, -0.2) is 0 Å². The van der Waals surface area contributed by atoms with Gasteiger partial charge in [0.2, 0.25) is 11.0 Å². The van der Waals surface area contributed by atoms with Crippen molar-refractivity contribution in [2.75, 3.05) is 11.1 Å². The first kappa shape index (κ1) is 14.9. The fourth-order valence-corrected chi connectivity index (χ4v) is 2.91. The van der Waals surface area contributed by atoms with Crippen molar-refractivity contribution in [2.45, 2.75) is 31.8 Å². The Hall–Kier alpha value is -1.48. The molecule has 2 aromatic heterocycles. The summed E-state index contributed by atoms with van der Waals surface area (Å²) >= 11 is 2.71. The van der Waals surface area contributed by atoms with Crippen molar-refractivity contribution in [1.29, 1.82) is 0 Å². The lowest BCUT2D eigenvalue weighted by Crippen LogP contribution is -2.14. The van der Waals surface area contributed by atoms with Crippen molar-refractivity contribution in [3.05, 3.63) is 10.8 Å². The van der Waals surface area contributed by atoms with Gasteiger partial charge in [-0.15, -0.1) is 20.4 Å². The Bertz CT molecular complexity index is 606. The van der Waals surface area contributed by atoms with Crippen LogP contribution in [0.15, 0.2) is 5.16 Å². The minimum absolute atomic E-state index is 0.125. The molecule has 0 spiro atoms. The molecule has 0 aliphatic heterocycles. The topological polar surface area (TPSA) is 85.6 Å². The van der Waals surface area contributed by atoms with Crippen LogP contribution >= 0.6 is 23.1 Å². The number of carbonyl (C=O) groups is 1. The van der Waals surface area contributed by atoms with Gasteiger partial charge in [-0.05, 0) is 6.92 Å². The lowest BCUT2D eigenvalue weighted by Gasteiger charge is -2.05. The third kappa shape index (κ3) is 3.54. The van der Waals surface area contributed by atoms with Gasteiger partial charge >= 0.3 is 0 Å². The van der Waals surface area contributed by atoms with Crippen LogP contribution in [0, 0.1) is 6.92 Å². The highest BCUT2D eigenvalue weighted by molar-refractivity contribution is 7.99. The van der Waals surface area contributed by atoms with E-state index >= 15 is 0 Å². The molecule has 0 atom stereocenters. The van der Waals surface area contributed by atoms with Crippen LogP contribution in [-0.2, 0) is 11.8 Å². The highest BCUT2D eigenvalue weighted by Gasteiger charge is 2.14. The van der Waals surface area contributed by atoms with Crippen LogP contribution in [0.25, 0.3) is 0 Å². The normalized spacial score (nSPS) is 11.1. The minimum atomic E-state index is -0.125. The van der Waals surface area contributed by atoms with Crippen LogP contribution in [0.2, 0.25) is 0 Å². The first-order chi connectivity index (χ1) is 9.47. The summed E-state index contributed by atoms with van der Waals surface area (Å²) in [4.78, 5) is 11.8. The molecule has 0 saturated heterocycles. The van der Waals surface area contributed by atoms with Gasteiger partial charge < -0.3 is 4.57 Å². The van der Waals surface area contributed by atoms with E-state index in [1.807, 2.05) is 18.5 Å². The Kier molecular flexibility index (Phi) is 4.71. The van der Waals surface area contributed by atoms with Gasteiger partial charge in [0.25, 0.3) is 0 Å². The molecule has 1 N–H and O–H groups in total. The molecule has 2 rings (SSSR count). The second-order valence-corrected chi connectivity index (χ2v) is 6.64. The predicted molar refractivity (Wildman–Crippen MR) is 79.1 cm³/mol.